The molecule has 0 unspecified atom stereocenters. The number of hydrogen-bond acceptors (Lipinski definition) is 3. The maximum Gasteiger partial charge on any atom is 0.252 e. The van der Waals surface area contributed by atoms with Crippen LogP contribution in [0.25, 0.3) is 10.9 Å². The van der Waals surface area contributed by atoms with Crippen LogP contribution in [0.2, 0.25) is 0 Å². The number of amides is 1. The fraction of sp³-hybridized carbons (Fsp3) is 0.0833. The van der Waals surface area contributed by atoms with Gasteiger partial charge < -0.3 is 10.6 Å². The zero-order valence-corrected chi connectivity index (χ0v) is 15.6. The standard InChI is InChI=1S/C24H21N3O/c1-17-11-13-18(14-12-17)16-25-24(28)21-15-23(26-19-7-3-2-4-8-19)27-22-10-6-5-9-20(21)22/h2-15H,16H2,1H3,(H,25,28)(H,26,27). The van der Waals surface area contributed by atoms with Crippen molar-refractivity contribution in [2.75, 3.05) is 5.32 Å². The zero-order valence-electron chi connectivity index (χ0n) is 15.6. The Bertz CT molecular complexity index is 1110. The molecule has 0 aliphatic heterocycles. The Morgan fingerprint density at radius 2 is 1.61 bits per heavy atom. The molecule has 0 aliphatic carbocycles. The Balaban J connectivity index is 1.62. The predicted molar refractivity (Wildman–Crippen MR) is 114 cm³/mol. The summed E-state index contributed by atoms with van der Waals surface area (Å²) >= 11 is 0. The van der Waals surface area contributed by atoms with E-state index in [2.05, 4.69) is 15.6 Å². The molecule has 138 valence electrons. The van der Waals surface area contributed by atoms with Crippen molar-refractivity contribution >= 4 is 28.3 Å². The van der Waals surface area contributed by atoms with Gasteiger partial charge in [0, 0.05) is 17.6 Å². The molecule has 4 rings (SSSR count). The molecule has 0 saturated carbocycles. The van der Waals surface area contributed by atoms with Crippen LogP contribution >= 0.6 is 0 Å². The van der Waals surface area contributed by atoms with Crippen molar-refractivity contribution in [1.29, 1.82) is 0 Å². The molecule has 0 atom stereocenters. The highest BCUT2D eigenvalue weighted by Crippen LogP contribution is 2.23. The van der Waals surface area contributed by atoms with Crippen molar-refractivity contribution in [2.24, 2.45) is 0 Å². The summed E-state index contributed by atoms with van der Waals surface area (Å²) in [5.74, 6) is 0.528. The number of fused-ring (bicyclic) bond motifs is 1. The number of hydrogen-bond donors (Lipinski definition) is 2. The second-order valence-corrected chi connectivity index (χ2v) is 6.73. The maximum absolute atomic E-state index is 12.9. The van der Waals surface area contributed by atoms with Gasteiger partial charge in [-0.15, -0.1) is 0 Å². The summed E-state index contributed by atoms with van der Waals surface area (Å²) < 4.78 is 0. The lowest BCUT2D eigenvalue weighted by Crippen LogP contribution is -2.23. The first-order valence-electron chi connectivity index (χ1n) is 9.25. The first-order chi connectivity index (χ1) is 13.7. The number of aryl methyl sites for hydroxylation is 1. The molecule has 1 heterocycles. The molecule has 0 aliphatic rings. The van der Waals surface area contributed by atoms with Crippen LogP contribution in [0.3, 0.4) is 0 Å². The third-order valence-electron chi connectivity index (χ3n) is 4.58. The molecule has 0 radical (unpaired) electrons. The molecule has 4 aromatic rings. The van der Waals surface area contributed by atoms with Gasteiger partial charge in [0.05, 0.1) is 11.1 Å². The smallest absolute Gasteiger partial charge is 0.252 e. The quantitative estimate of drug-likeness (QED) is 0.509. The van der Waals surface area contributed by atoms with Gasteiger partial charge in [0.1, 0.15) is 5.82 Å². The van der Waals surface area contributed by atoms with Crippen LogP contribution in [0.4, 0.5) is 11.5 Å². The number of anilines is 2. The molecule has 0 fully saturated rings. The van der Waals surface area contributed by atoms with Crippen molar-refractivity contribution in [3.05, 3.63) is 102 Å². The van der Waals surface area contributed by atoms with Gasteiger partial charge in [0.15, 0.2) is 0 Å². The molecular weight excluding hydrogens is 346 g/mol. The summed E-state index contributed by atoms with van der Waals surface area (Å²) in [5, 5.41) is 7.14. The molecule has 0 saturated heterocycles. The average Bonchev–Trinajstić information content (AvgIpc) is 2.73. The van der Waals surface area contributed by atoms with Gasteiger partial charge in [0.2, 0.25) is 0 Å². The number of nitrogens with one attached hydrogen (secondary N) is 2. The van der Waals surface area contributed by atoms with E-state index in [9.17, 15) is 4.79 Å². The van der Waals surface area contributed by atoms with E-state index < -0.39 is 0 Å². The lowest BCUT2D eigenvalue weighted by Gasteiger charge is -2.12. The Morgan fingerprint density at radius 3 is 2.39 bits per heavy atom. The molecule has 3 aromatic carbocycles. The van der Waals surface area contributed by atoms with E-state index in [0.29, 0.717) is 17.9 Å². The van der Waals surface area contributed by atoms with Crippen LogP contribution < -0.4 is 10.6 Å². The number of nitrogens with zero attached hydrogens (tertiary/aromatic N) is 1. The first kappa shape index (κ1) is 17.7. The highest BCUT2D eigenvalue weighted by Gasteiger charge is 2.13. The van der Waals surface area contributed by atoms with Crippen molar-refractivity contribution in [1.82, 2.24) is 10.3 Å². The SMILES string of the molecule is Cc1ccc(CNC(=O)c2cc(Nc3ccccc3)nc3ccccc23)cc1. The average molecular weight is 367 g/mol. The summed E-state index contributed by atoms with van der Waals surface area (Å²) in [6, 6.07) is 27.5. The summed E-state index contributed by atoms with van der Waals surface area (Å²) in [7, 11) is 0. The molecule has 0 spiro atoms. The van der Waals surface area contributed by atoms with E-state index >= 15 is 0 Å². The minimum atomic E-state index is -0.115. The second kappa shape index (κ2) is 7.92. The highest BCUT2D eigenvalue weighted by atomic mass is 16.1. The van der Waals surface area contributed by atoms with E-state index in [-0.39, 0.29) is 5.91 Å². The van der Waals surface area contributed by atoms with Crippen LogP contribution in [-0.4, -0.2) is 10.9 Å². The summed E-state index contributed by atoms with van der Waals surface area (Å²) in [6.07, 6.45) is 0. The van der Waals surface area contributed by atoms with Crippen LogP contribution in [0.5, 0.6) is 0 Å². The number of pyridine rings is 1. The van der Waals surface area contributed by atoms with Gasteiger partial charge in [-0.1, -0.05) is 66.2 Å². The third kappa shape index (κ3) is 4.01. The van der Waals surface area contributed by atoms with E-state index in [0.717, 1.165) is 22.2 Å². The van der Waals surface area contributed by atoms with Crippen molar-refractivity contribution in [3.63, 3.8) is 0 Å². The zero-order chi connectivity index (χ0) is 19.3. The maximum atomic E-state index is 12.9. The molecular formula is C24H21N3O. The number of rotatable bonds is 5. The van der Waals surface area contributed by atoms with Crippen LogP contribution in [0.1, 0.15) is 21.5 Å². The molecule has 4 nitrogen and oxygen atoms in total. The van der Waals surface area contributed by atoms with Crippen molar-refractivity contribution in [2.45, 2.75) is 13.5 Å². The van der Waals surface area contributed by atoms with Gasteiger partial charge in [-0.3, -0.25) is 4.79 Å². The van der Waals surface area contributed by atoms with E-state index in [1.807, 2.05) is 85.8 Å². The monoisotopic (exact) mass is 367 g/mol. The summed E-state index contributed by atoms with van der Waals surface area (Å²) in [6.45, 7) is 2.53. The minimum Gasteiger partial charge on any atom is -0.348 e. The number of aromatic nitrogens is 1. The van der Waals surface area contributed by atoms with E-state index in [1.54, 1.807) is 6.07 Å². The lowest BCUT2D eigenvalue weighted by atomic mass is 10.1. The van der Waals surface area contributed by atoms with Crippen LogP contribution in [-0.2, 0) is 6.54 Å². The molecule has 1 aromatic heterocycles. The summed E-state index contributed by atoms with van der Waals surface area (Å²) in [4.78, 5) is 17.6. The van der Waals surface area contributed by atoms with Crippen molar-refractivity contribution in [3.8, 4) is 0 Å². The van der Waals surface area contributed by atoms with Crippen molar-refractivity contribution < 1.29 is 4.79 Å². The van der Waals surface area contributed by atoms with Gasteiger partial charge in [0.25, 0.3) is 5.91 Å². The normalized spacial score (nSPS) is 10.6. The van der Waals surface area contributed by atoms with Gasteiger partial charge in [-0.25, -0.2) is 4.98 Å². The fourth-order valence-electron chi connectivity index (χ4n) is 3.08. The van der Waals surface area contributed by atoms with Crippen LogP contribution in [0, 0.1) is 6.92 Å². The fourth-order valence-corrected chi connectivity index (χ4v) is 3.08. The third-order valence-corrected chi connectivity index (χ3v) is 4.58. The second-order valence-electron chi connectivity index (χ2n) is 6.73. The van der Waals surface area contributed by atoms with Gasteiger partial charge >= 0.3 is 0 Å². The Labute approximate surface area is 164 Å². The highest BCUT2D eigenvalue weighted by molar-refractivity contribution is 6.07. The molecule has 1 amide bonds. The Morgan fingerprint density at radius 1 is 0.893 bits per heavy atom. The topological polar surface area (TPSA) is 54.0 Å². The molecule has 28 heavy (non-hydrogen) atoms. The molecule has 2 N–H and O–H groups in total. The molecule has 0 bridgehead atoms. The predicted octanol–water partition coefficient (Wildman–Crippen LogP) is 5.22. The largest absolute Gasteiger partial charge is 0.348 e. The van der Waals surface area contributed by atoms with Gasteiger partial charge in [-0.05, 0) is 36.8 Å². The number of carbonyl (C=O) groups is 1. The number of benzene rings is 3. The first-order valence-corrected chi connectivity index (χ1v) is 9.25. The molecule has 4 heteroatoms. The van der Waals surface area contributed by atoms with Crippen LogP contribution in [0.15, 0.2) is 84.9 Å². The van der Waals surface area contributed by atoms with E-state index in [4.69, 9.17) is 0 Å². The lowest BCUT2D eigenvalue weighted by molar-refractivity contribution is 0.0952. The minimum absolute atomic E-state index is 0.115. The Kier molecular flexibility index (Phi) is 5.02. The van der Waals surface area contributed by atoms with E-state index in [1.165, 1.54) is 5.56 Å². The Hall–Kier alpha value is -3.66. The van der Waals surface area contributed by atoms with Gasteiger partial charge in [-0.2, -0.15) is 0 Å². The number of para-hydroxylation sites is 2. The number of carbonyl (C=O) groups excluding carboxylic acids is 1. The summed E-state index contributed by atoms with van der Waals surface area (Å²) in [5.41, 5.74) is 4.59.